The highest BCUT2D eigenvalue weighted by Crippen LogP contribution is 2.39. The summed E-state index contributed by atoms with van der Waals surface area (Å²) >= 11 is 0. The van der Waals surface area contributed by atoms with Gasteiger partial charge in [0.2, 0.25) is 0 Å². The highest BCUT2D eigenvalue weighted by atomic mass is 16.3. The molecule has 1 saturated heterocycles. The van der Waals surface area contributed by atoms with Crippen LogP contribution in [0.5, 0.6) is 0 Å². The van der Waals surface area contributed by atoms with Crippen LogP contribution in [0.2, 0.25) is 0 Å². The highest BCUT2D eigenvalue weighted by Gasteiger charge is 2.53. The van der Waals surface area contributed by atoms with Crippen LogP contribution in [-0.4, -0.2) is 62.7 Å². The maximum Gasteiger partial charge on any atom is 0.274 e. The molecule has 3 rings (SSSR count). The molecule has 0 saturated carbocycles. The number of nitrogens with one attached hydrogen (secondary N) is 3. The summed E-state index contributed by atoms with van der Waals surface area (Å²) in [5.41, 5.74) is 0.0495. The number of hydrogen-bond acceptors (Lipinski definition) is 7. The molecule has 0 aliphatic carbocycles. The fourth-order valence-electron chi connectivity index (χ4n) is 3.19. The highest BCUT2D eigenvalue weighted by molar-refractivity contribution is 5.56. The van der Waals surface area contributed by atoms with Gasteiger partial charge < -0.3 is 30.9 Å². The molecule has 1 aromatic rings. The van der Waals surface area contributed by atoms with Crippen LogP contribution in [0.15, 0.2) is 11.1 Å². The number of aromatic nitrogens is 2. The van der Waals surface area contributed by atoms with Crippen molar-refractivity contribution in [2.45, 2.75) is 36.6 Å². The second-order valence-corrected chi connectivity index (χ2v) is 5.64. The molecule has 1 unspecified atom stereocenters. The summed E-state index contributed by atoms with van der Waals surface area (Å²) in [6.45, 7) is 2.02. The Morgan fingerprint density at radius 1 is 1.45 bits per heavy atom. The lowest BCUT2D eigenvalue weighted by Gasteiger charge is -2.32. The van der Waals surface area contributed by atoms with Gasteiger partial charge in [-0.25, -0.2) is 4.98 Å². The van der Waals surface area contributed by atoms with E-state index in [0.717, 1.165) is 0 Å². The van der Waals surface area contributed by atoms with Crippen LogP contribution in [0.4, 0.5) is 5.69 Å². The summed E-state index contributed by atoms with van der Waals surface area (Å²) in [5.74, 6) is 0. The second-order valence-electron chi connectivity index (χ2n) is 5.64. The first kappa shape index (κ1) is 13.5. The molecular formula is C12H18N4O4. The molecule has 0 amide bonds. The predicted molar refractivity (Wildman–Crippen MR) is 70.5 cm³/mol. The van der Waals surface area contributed by atoms with E-state index in [2.05, 4.69) is 20.6 Å². The van der Waals surface area contributed by atoms with Gasteiger partial charge in [-0.15, -0.1) is 0 Å². The van der Waals surface area contributed by atoms with Crippen molar-refractivity contribution < 1.29 is 15.3 Å². The summed E-state index contributed by atoms with van der Waals surface area (Å²) in [6, 6.07) is -1.09. The molecule has 0 radical (unpaired) electrons. The van der Waals surface area contributed by atoms with E-state index < -0.39 is 29.7 Å². The van der Waals surface area contributed by atoms with Gasteiger partial charge in [-0.3, -0.25) is 4.79 Å². The van der Waals surface area contributed by atoms with E-state index in [4.69, 9.17) is 0 Å². The average Bonchev–Trinajstić information content (AvgIpc) is 2.92. The quantitative estimate of drug-likeness (QED) is 0.354. The Morgan fingerprint density at radius 3 is 2.85 bits per heavy atom. The number of hydrogen-bond donors (Lipinski definition) is 6. The SMILES string of the molecule is CC1([C@@H]2N[C@H](CO)[C@@H](O)[C@H]2O)CNc2c1nc[nH]c2=O. The lowest BCUT2D eigenvalue weighted by atomic mass is 9.78. The van der Waals surface area contributed by atoms with Crippen LogP contribution in [0.1, 0.15) is 12.6 Å². The van der Waals surface area contributed by atoms with Crippen molar-refractivity contribution in [3.8, 4) is 0 Å². The number of anilines is 1. The number of aliphatic hydroxyl groups is 3. The van der Waals surface area contributed by atoms with Crippen LogP contribution in [0.3, 0.4) is 0 Å². The monoisotopic (exact) mass is 282 g/mol. The van der Waals surface area contributed by atoms with Crippen molar-refractivity contribution in [1.29, 1.82) is 0 Å². The van der Waals surface area contributed by atoms with Gasteiger partial charge in [0.15, 0.2) is 0 Å². The largest absolute Gasteiger partial charge is 0.395 e. The minimum absolute atomic E-state index is 0.259. The molecular weight excluding hydrogens is 264 g/mol. The maximum atomic E-state index is 11.7. The Hall–Kier alpha value is -1.48. The summed E-state index contributed by atoms with van der Waals surface area (Å²) in [5, 5.41) is 35.4. The van der Waals surface area contributed by atoms with Crippen molar-refractivity contribution in [2.24, 2.45) is 0 Å². The fourth-order valence-corrected chi connectivity index (χ4v) is 3.19. The molecule has 1 fully saturated rings. The summed E-state index contributed by atoms with van der Waals surface area (Å²) in [7, 11) is 0. The molecule has 1 aromatic heterocycles. The van der Waals surface area contributed by atoms with Crippen molar-refractivity contribution in [1.82, 2.24) is 15.3 Å². The Labute approximate surface area is 114 Å². The smallest absolute Gasteiger partial charge is 0.274 e. The van der Waals surface area contributed by atoms with Crippen molar-refractivity contribution in [3.63, 3.8) is 0 Å². The van der Waals surface area contributed by atoms with Crippen LogP contribution in [0.25, 0.3) is 0 Å². The zero-order chi connectivity index (χ0) is 14.5. The number of nitrogens with zero attached hydrogens (tertiary/aromatic N) is 1. The van der Waals surface area contributed by atoms with E-state index in [0.29, 0.717) is 17.9 Å². The van der Waals surface area contributed by atoms with Gasteiger partial charge in [0.25, 0.3) is 5.56 Å². The number of aromatic amines is 1. The van der Waals surface area contributed by atoms with Crippen LogP contribution in [0, 0.1) is 0 Å². The number of rotatable bonds is 2. The van der Waals surface area contributed by atoms with E-state index in [1.165, 1.54) is 6.33 Å². The van der Waals surface area contributed by atoms with E-state index in [-0.39, 0.29) is 12.2 Å². The van der Waals surface area contributed by atoms with Crippen molar-refractivity contribution in [2.75, 3.05) is 18.5 Å². The van der Waals surface area contributed by atoms with Gasteiger partial charge in [0.05, 0.1) is 36.9 Å². The van der Waals surface area contributed by atoms with Gasteiger partial charge >= 0.3 is 0 Å². The fraction of sp³-hybridized carbons (Fsp3) is 0.667. The van der Waals surface area contributed by atoms with E-state index in [1.54, 1.807) is 0 Å². The first-order valence-corrected chi connectivity index (χ1v) is 6.54. The molecule has 0 aromatic carbocycles. The van der Waals surface area contributed by atoms with Crippen molar-refractivity contribution >= 4 is 5.69 Å². The minimum atomic E-state index is -1.05. The third-order valence-corrected chi connectivity index (χ3v) is 4.41. The Kier molecular flexibility index (Phi) is 3.05. The van der Waals surface area contributed by atoms with Gasteiger partial charge in [-0.2, -0.15) is 0 Å². The minimum Gasteiger partial charge on any atom is -0.395 e. The molecule has 5 atom stereocenters. The molecule has 0 bridgehead atoms. The van der Waals surface area contributed by atoms with Crippen LogP contribution >= 0.6 is 0 Å². The molecule has 8 nitrogen and oxygen atoms in total. The van der Waals surface area contributed by atoms with E-state index in [9.17, 15) is 20.1 Å². The number of aliphatic hydroxyl groups excluding tert-OH is 3. The molecule has 2 aliphatic heterocycles. The predicted octanol–water partition coefficient (Wildman–Crippen LogP) is -2.49. The summed E-state index contributed by atoms with van der Waals surface area (Å²) in [6.07, 6.45) is -0.757. The lowest BCUT2D eigenvalue weighted by molar-refractivity contribution is 0.0114. The average molecular weight is 282 g/mol. The van der Waals surface area contributed by atoms with Gasteiger partial charge in [-0.1, -0.05) is 6.92 Å². The Bertz CT molecular complexity index is 577. The molecule has 110 valence electrons. The normalized spacial score (nSPS) is 39.6. The van der Waals surface area contributed by atoms with Gasteiger partial charge in [0, 0.05) is 18.0 Å². The first-order valence-electron chi connectivity index (χ1n) is 6.54. The summed E-state index contributed by atoms with van der Waals surface area (Å²) < 4.78 is 0. The Balaban J connectivity index is 2.00. The van der Waals surface area contributed by atoms with Crippen LogP contribution < -0.4 is 16.2 Å². The van der Waals surface area contributed by atoms with Crippen LogP contribution in [-0.2, 0) is 5.41 Å². The molecule has 2 aliphatic rings. The zero-order valence-electron chi connectivity index (χ0n) is 11.0. The molecule has 8 heteroatoms. The zero-order valence-corrected chi connectivity index (χ0v) is 11.0. The topological polar surface area (TPSA) is 130 Å². The molecule has 3 heterocycles. The molecule has 0 spiro atoms. The lowest BCUT2D eigenvalue weighted by Crippen LogP contribution is -2.51. The van der Waals surface area contributed by atoms with Crippen molar-refractivity contribution in [3.05, 3.63) is 22.4 Å². The first-order chi connectivity index (χ1) is 9.49. The third kappa shape index (κ3) is 1.69. The summed E-state index contributed by atoms with van der Waals surface area (Å²) in [4.78, 5) is 18.5. The van der Waals surface area contributed by atoms with Gasteiger partial charge in [0.1, 0.15) is 5.69 Å². The maximum absolute atomic E-state index is 11.7. The van der Waals surface area contributed by atoms with E-state index in [1.807, 2.05) is 6.92 Å². The molecule has 20 heavy (non-hydrogen) atoms. The van der Waals surface area contributed by atoms with Gasteiger partial charge in [-0.05, 0) is 0 Å². The number of H-pyrrole nitrogens is 1. The third-order valence-electron chi connectivity index (χ3n) is 4.41. The molecule has 6 N–H and O–H groups in total. The standard InChI is InChI=1S/C12H18N4O4/c1-12(10-8(19)7(18)5(2-17)16-10)3-13-6-9(12)14-4-15-11(6)20/h4-5,7-8,10,13,16-19H,2-3H2,1H3,(H,14,15,20)/t5-,7-,8-,10-,12?/m1/s1. The number of fused-ring (bicyclic) bond motifs is 1. The van der Waals surface area contributed by atoms with E-state index >= 15 is 0 Å². The Morgan fingerprint density at radius 2 is 2.20 bits per heavy atom. The second kappa shape index (κ2) is 4.52.